The first kappa shape index (κ1) is 11.6. The van der Waals surface area contributed by atoms with Gasteiger partial charge in [-0.15, -0.1) is 0 Å². The molecule has 0 amide bonds. The number of nitriles is 1. The van der Waals surface area contributed by atoms with Crippen molar-refractivity contribution in [2.24, 2.45) is 0 Å². The number of hydrogen-bond acceptors (Lipinski definition) is 2. The van der Waals surface area contributed by atoms with Crippen molar-refractivity contribution in [3.63, 3.8) is 0 Å². The van der Waals surface area contributed by atoms with Crippen molar-refractivity contribution in [2.45, 2.75) is 39.2 Å². The summed E-state index contributed by atoms with van der Waals surface area (Å²) in [5, 5.41) is 8.53. The SMILES string of the molecule is CC(CC#N)Oc1cccc(C(C)C)c1. The van der Waals surface area contributed by atoms with E-state index >= 15 is 0 Å². The second kappa shape index (κ2) is 5.41. The molecule has 0 spiro atoms. The van der Waals surface area contributed by atoms with E-state index in [2.05, 4.69) is 26.0 Å². The number of hydrogen-bond donors (Lipinski definition) is 0. The maximum atomic E-state index is 8.53. The van der Waals surface area contributed by atoms with Gasteiger partial charge in [0.25, 0.3) is 0 Å². The van der Waals surface area contributed by atoms with Crippen molar-refractivity contribution >= 4 is 0 Å². The molecular formula is C13H17NO. The predicted molar refractivity (Wildman–Crippen MR) is 60.9 cm³/mol. The molecule has 1 rings (SSSR count). The minimum absolute atomic E-state index is 0.0441. The number of benzene rings is 1. The molecule has 15 heavy (non-hydrogen) atoms. The Bertz CT molecular complexity index is 352. The van der Waals surface area contributed by atoms with E-state index < -0.39 is 0 Å². The third-order valence-electron chi connectivity index (χ3n) is 2.24. The maximum Gasteiger partial charge on any atom is 0.120 e. The van der Waals surface area contributed by atoms with Crippen LogP contribution in [0, 0.1) is 11.3 Å². The predicted octanol–water partition coefficient (Wildman–Crippen LogP) is 3.49. The topological polar surface area (TPSA) is 33.0 Å². The van der Waals surface area contributed by atoms with E-state index in [0.717, 1.165) is 5.75 Å². The zero-order chi connectivity index (χ0) is 11.3. The lowest BCUT2D eigenvalue weighted by atomic mass is 10.0. The molecule has 1 unspecified atom stereocenters. The van der Waals surface area contributed by atoms with Crippen LogP contribution in [-0.2, 0) is 0 Å². The van der Waals surface area contributed by atoms with E-state index in [-0.39, 0.29) is 6.10 Å². The third-order valence-corrected chi connectivity index (χ3v) is 2.24. The van der Waals surface area contributed by atoms with E-state index in [0.29, 0.717) is 12.3 Å². The van der Waals surface area contributed by atoms with E-state index in [1.807, 2.05) is 25.1 Å². The molecule has 1 atom stereocenters. The largest absolute Gasteiger partial charge is 0.490 e. The Morgan fingerprint density at radius 2 is 2.07 bits per heavy atom. The lowest BCUT2D eigenvalue weighted by Crippen LogP contribution is -2.10. The van der Waals surface area contributed by atoms with E-state index in [4.69, 9.17) is 10.00 Å². The van der Waals surface area contributed by atoms with Crippen molar-refractivity contribution in [3.05, 3.63) is 29.8 Å². The molecule has 0 aliphatic heterocycles. The lowest BCUT2D eigenvalue weighted by molar-refractivity contribution is 0.227. The molecule has 0 saturated carbocycles. The van der Waals surface area contributed by atoms with E-state index in [1.54, 1.807) is 0 Å². The molecule has 0 aliphatic rings. The number of ether oxygens (including phenoxy) is 1. The lowest BCUT2D eigenvalue weighted by Gasteiger charge is -2.13. The van der Waals surface area contributed by atoms with Gasteiger partial charge in [-0.1, -0.05) is 26.0 Å². The van der Waals surface area contributed by atoms with Gasteiger partial charge in [0.2, 0.25) is 0 Å². The first-order valence-corrected chi connectivity index (χ1v) is 5.27. The van der Waals surface area contributed by atoms with Gasteiger partial charge in [0, 0.05) is 0 Å². The monoisotopic (exact) mass is 203 g/mol. The summed E-state index contributed by atoms with van der Waals surface area (Å²) >= 11 is 0. The highest BCUT2D eigenvalue weighted by Crippen LogP contribution is 2.21. The van der Waals surface area contributed by atoms with Crippen molar-refractivity contribution in [1.29, 1.82) is 5.26 Å². The first-order valence-electron chi connectivity index (χ1n) is 5.27. The summed E-state index contributed by atoms with van der Waals surface area (Å²) in [5.41, 5.74) is 1.26. The molecule has 0 aliphatic carbocycles. The molecule has 0 fully saturated rings. The van der Waals surface area contributed by atoms with Gasteiger partial charge < -0.3 is 4.74 Å². The number of rotatable bonds is 4. The Kier molecular flexibility index (Phi) is 4.17. The Morgan fingerprint density at radius 3 is 2.67 bits per heavy atom. The second-order valence-electron chi connectivity index (χ2n) is 4.02. The quantitative estimate of drug-likeness (QED) is 0.750. The fourth-order valence-corrected chi connectivity index (χ4v) is 1.35. The molecule has 0 aromatic heterocycles. The van der Waals surface area contributed by atoms with Crippen LogP contribution in [0.5, 0.6) is 5.75 Å². The first-order chi connectivity index (χ1) is 7.13. The summed E-state index contributed by atoms with van der Waals surface area (Å²) in [5.74, 6) is 1.35. The summed E-state index contributed by atoms with van der Waals surface area (Å²) in [6, 6.07) is 10.2. The molecule has 80 valence electrons. The van der Waals surface area contributed by atoms with Crippen LogP contribution in [0.2, 0.25) is 0 Å². The second-order valence-corrected chi connectivity index (χ2v) is 4.02. The Labute approximate surface area is 91.5 Å². The van der Waals surface area contributed by atoms with Crippen LogP contribution >= 0.6 is 0 Å². The number of nitrogens with zero attached hydrogens (tertiary/aromatic N) is 1. The zero-order valence-corrected chi connectivity index (χ0v) is 9.53. The molecule has 2 nitrogen and oxygen atoms in total. The summed E-state index contributed by atoms with van der Waals surface area (Å²) < 4.78 is 5.62. The highest BCUT2D eigenvalue weighted by molar-refractivity contribution is 5.30. The fourth-order valence-electron chi connectivity index (χ4n) is 1.35. The summed E-state index contributed by atoms with van der Waals surface area (Å²) in [6.45, 7) is 6.21. The average Bonchev–Trinajstić information content (AvgIpc) is 2.18. The van der Waals surface area contributed by atoms with Gasteiger partial charge in [-0.05, 0) is 30.5 Å². The molecule has 0 bridgehead atoms. The Morgan fingerprint density at radius 1 is 1.33 bits per heavy atom. The molecular weight excluding hydrogens is 186 g/mol. The van der Waals surface area contributed by atoms with Gasteiger partial charge in [0.1, 0.15) is 11.9 Å². The van der Waals surface area contributed by atoms with Crippen molar-refractivity contribution < 1.29 is 4.74 Å². The van der Waals surface area contributed by atoms with E-state index in [9.17, 15) is 0 Å². The van der Waals surface area contributed by atoms with Crippen LogP contribution in [-0.4, -0.2) is 6.10 Å². The van der Waals surface area contributed by atoms with Gasteiger partial charge >= 0.3 is 0 Å². The zero-order valence-electron chi connectivity index (χ0n) is 9.53. The summed E-state index contributed by atoms with van der Waals surface area (Å²) in [4.78, 5) is 0. The van der Waals surface area contributed by atoms with Crippen molar-refractivity contribution in [3.8, 4) is 11.8 Å². The highest BCUT2D eigenvalue weighted by atomic mass is 16.5. The normalized spacial score (nSPS) is 12.2. The van der Waals surface area contributed by atoms with Gasteiger partial charge in [0.05, 0.1) is 12.5 Å². The summed E-state index contributed by atoms with van der Waals surface area (Å²) in [7, 11) is 0. The molecule has 0 N–H and O–H groups in total. The van der Waals surface area contributed by atoms with Gasteiger partial charge in [-0.25, -0.2) is 0 Å². The van der Waals surface area contributed by atoms with Crippen LogP contribution in [0.15, 0.2) is 24.3 Å². The van der Waals surface area contributed by atoms with Crippen molar-refractivity contribution in [2.75, 3.05) is 0 Å². The molecule has 0 saturated heterocycles. The van der Waals surface area contributed by atoms with Crippen LogP contribution in [0.3, 0.4) is 0 Å². The van der Waals surface area contributed by atoms with Gasteiger partial charge in [-0.2, -0.15) is 5.26 Å². The van der Waals surface area contributed by atoms with Gasteiger partial charge in [0.15, 0.2) is 0 Å². The van der Waals surface area contributed by atoms with Crippen LogP contribution in [0.1, 0.15) is 38.7 Å². The van der Waals surface area contributed by atoms with Gasteiger partial charge in [-0.3, -0.25) is 0 Å². The molecule has 1 aromatic rings. The smallest absolute Gasteiger partial charge is 0.120 e. The van der Waals surface area contributed by atoms with Crippen LogP contribution in [0.25, 0.3) is 0 Å². The minimum Gasteiger partial charge on any atom is -0.490 e. The fraction of sp³-hybridized carbons (Fsp3) is 0.462. The standard InChI is InChI=1S/C13H17NO/c1-10(2)12-5-4-6-13(9-12)15-11(3)7-8-14/h4-6,9-11H,7H2,1-3H3. The minimum atomic E-state index is -0.0441. The van der Waals surface area contributed by atoms with Crippen LogP contribution < -0.4 is 4.74 Å². The summed E-state index contributed by atoms with van der Waals surface area (Å²) in [6.07, 6.45) is 0.378. The molecule has 0 radical (unpaired) electrons. The van der Waals surface area contributed by atoms with Crippen LogP contribution in [0.4, 0.5) is 0 Å². The van der Waals surface area contributed by atoms with E-state index in [1.165, 1.54) is 5.56 Å². The molecule has 1 aromatic carbocycles. The average molecular weight is 203 g/mol. The molecule has 2 heteroatoms. The third kappa shape index (κ3) is 3.63. The van der Waals surface area contributed by atoms with Crippen molar-refractivity contribution in [1.82, 2.24) is 0 Å². The Balaban J connectivity index is 2.70. The molecule has 0 heterocycles. The maximum absolute atomic E-state index is 8.53. The Hall–Kier alpha value is -1.49. The highest BCUT2D eigenvalue weighted by Gasteiger charge is 2.05.